The Labute approximate surface area is 144 Å². The van der Waals surface area contributed by atoms with Crippen LogP contribution in [0.15, 0.2) is 54.2 Å². The van der Waals surface area contributed by atoms with E-state index in [1.165, 1.54) is 30.5 Å². The molecule has 1 amide bonds. The highest BCUT2D eigenvalue weighted by atomic mass is 16.6. The van der Waals surface area contributed by atoms with Gasteiger partial charge in [-0.15, -0.1) is 0 Å². The molecule has 0 fully saturated rings. The highest BCUT2D eigenvalue weighted by molar-refractivity contribution is 6.06. The zero-order valence-corrected chi connectivity index (χ0v) is 13.7. The van der Waals surface area contributed by atoms with E-state index in [1.807, 2.05) is 38.1 Å². The third kappa shape index (κ3) is 4.42. The van der Waals surface area contributed by atoms with Crippen molar-refractivity contribution in [3.8, 4) is 6.07 Å². The smallest absolute Gasteiger partial charge is 0.271 e. The summed E-state index contributed by atoms with van der Waals surface area (Å²) in [5, 5.41) is 25.4. The number of hydrogen-bond donors (Lipinski definition) is 2. The Morgan fingerprint density at radius 1 is 1.24 bits per heavy atom. The molecule has 2 aromatic carbocycles. The molecule has 0 saturated carbocycles. The fourth-order valence-corrected chi connectivity index (χ4v) is 2.10. The van der Waals surface area contributed by atoms with Crippen LogP contribution in [0, 0.1) is 35.3 Å². The van der Waals surface area contributed by atoms with Gasteiger partial charge in [0.2, 0.25) is 0 Å². The summed E-state index contributed by atoms with van der Waals surface area (Å²) in [5.41, 5.74) is 2.83. The van der Waals surface area contributed by atoms with Gasteiger partial charge in [0.15, 0.2) is 0 Å². The summed E-state index contributed by atoms with van der Waals surface area (Å²) in [6.45, 7) is 3.89. The molecule has 7 nitrogen and oxygen atoms in total. The molecule has 2 N–H and O–H groups in total. The molecule has 25 heavy (non-hydrogen) atoms. The van der Waals surface area contributed by atoms with Crippen molar-refractivity contribution in [2.45, 2.75) is 13.8 Å². The summed E-state index contributed by atoms with van der Waals surface area (Å²) in [6.07, 6.45) is 1.31. The Morgan fingerprint density at radius 2 is 1.96 bits per heavy atom. The zero-order chi connectivity index (χ0) is 18.4. The minimum atomic E-state index is -0.652. The van der Waals surface area contributed by atoms with E-state index in [9.17, 15) is 20.2 Å². The lowest BCUT2D eigenvalue weighted by Crippen LogP contribution is -2.14. The van der Waals surface area contributed by atoms with Gasteiger partial charge in [-0.25, -0.2) is 0 Å². The average Bonchev–Trinajstić information content (AvgIpc) is 2.59. The van der Waals surface area contributed by atoms with Crippen molar-refractivity contribution < 1.29 is 9.72 Å². The van der Waals surface area contributed by atoms with Crippen LogP contribution in [-0.2, 0) is 4.79 Å². The average molecular weight is 336 g/mol. The van der Waals surface area contributed by atoms with Crippen LogP contribution in [-0.4, -0.2) is 10.8 Å². The second-order valence-electron chi connectivity index (χ2n) is 5.32. The first-order valence-corrected chi connectivity index (χ1v) is 7.41. The fraction of sp³-hybridized carbons (Fsp3) is 0.111. The zero-order valence-electron chi connectivity index (χ0n) is 13.7. The number of hydrogen-bond acceptors (Lipinski definition) is 5. The summed E-state index contributed by atoms with van der Waals surface area (Å²) in [5.74, 6) is -0.652. The topological polar surface area (TPSA) is 108 Å². The van der Waals surface area contributed by atoms with Crippen LogP contribution < -0.4 is 10.6 Å². The molecule has 0 saturated heterocycles. The largest absolute Gasteiger partial charge is 0.360 e. The second kappa shape index (κ2) is 7.75. The number of rotatable bonds is 5. The maximum Gasteiger partial charge on any atom is 0.271 e. The number of carbonyl (C=O) groups is 1. The minimum absolute atomic E-state index is 0.145. The molecule has 7 heteroatoms. The lowest BCUT2D eigenvalue weighted by atomic mass is 10.1. The lowest BCUT2D eigenvalue weighted by Gasteiger charge is -2.09. The quantitative estimate of drug-likeness (QED) is 0.375. The van der Waals surface area contributed by atoms with Crippen LogP contribution in [0.5, 0.6) is 0 Å². The van der Waals surface area contributed by atoms with E-state index in [4.69, 9.17) is 0 Å². The molecule has 0 bridgehead atoms. The Balaban J connectivity index is 2.16. The predicted octanol–water partition coefficient (Wildman–Crippen LogP) is 3.67. The summed E-state index contributed by atoms with van der Waals surface area (Å²) in [4.78, 5) is 22.4. The van der Waals surface area contributed by atoms with Gasteiger partial charge in [-0.05, 0) is 37.1 Å². The number of nitro benzene ring substituents is 1. The summed E-state index contributed by atoms with van der Waals surface area (Å²) in [6, 6.07) is 13.0. The number of anilines is 2. The normalized spacial score (nSPS) is 10.7. The van der Waals surface area contributed by atoms with Gasteiger partial charge in [0.1, 0.15) is 11.6 Å². The number of nitro groups is 1. The van der Waals surface area contributed by atoms with E-state index < -0.39 is 10.8 Å². The highest BCUT2D eigenvalue weighted by Crippen LogP contribution is 2.19. The van der Waals surface area contributed by atoms with Crippen LogP contribution in [0.2, 0.25) is 0 Å². The first-order chi connectivity index (χ1) is 11.9. The molecule has 2 rings (SSSR count). The fourth-order valence-electron chi connectivity index (χ4n) is 2.10. The van der Waals surface area contributed by atoms with E-state index in [-0.39, 0.29) is 16.9 Å². The monoisotopic (exact) mass is 336 g/mol. The van der Waals surface area contributed by atoms with Crippen LogP contribution in [0.4, 0.5) is 17.1 Å². The van der Waals surface area contributed by atoms with Gasteiger partial charge in [0.25, 0.3) is 11.6 Å². The van der Waals surface area contributed by atoms with Gasteiger partial charge in [-0.3, -0.25) is 14.9 Å². The molecule has 0 unspecified atom stereocenters. The number of nitriles is 1. The standard InChI is InChI=1S/C18H16N4O3/c1-12-5-3-8-17(13(12)2)20-11-14(10-19)18(23)21-15-6-4-7-16(9-15)22(24)25/h3-9,11,20H,1-2H3,(H,21,23)/b14-11-. The molecule has 0 spiro atoms. The predicted molar refractivity (Wildman–Crippen MR) is 95.0 cm³/mol. The Morgan fingerprint density at radius 3 is 2.64 bits per heavy atom. The SMILES string of the molecule is Cc1cccc(N/C=C(/C#N)C(=O)Nc2cccc([N+](=O)[O-])c2)c1C. The molecule has 0 aromatic heterocycles. The van der Waals surface area contributed by atoms with Crippen LogP contribution in [0.25, 0.3) is 0 Å². The molecule has 0 aliphatic carbocycles. The van der Waals surface area contributed by atoms with E-state index in [1.54, 1.807) is 0 Å². The maximum absolute atomic E-state index is 12.2. The summed E-state index contributed by atoms with van der Waals surface area (Å²) < 4.78 is 0. The highest BCUT2D eigenvalue weighted by Gasteiger charge is 2.12. The van der Waals surface area contributed by atoms with Crippen molar-refractivity contribution in [2.24, 2.45) is 0 Å². The lowest BCUT2D eigenvalue weighted by molar-refractivity contribution is -0.384. The van der Waals surface area contributed by atoms with E-state index >= 15 is 0 Å². The van der Waals surface area contributed by atoms with Gasteiger partial charge < -0.3 is 10.6 Å². The first kappa shape index (κ1) is 17.7. The molecular weight excluding hydrogens is 320 g/mol. The van der Waals surface area contributed by atoms with E-state index in [0.29, 0.717) is 0 Å². The molecule has 0 radical (unpaired) electrons. The molecular formula is C18H16N4O3. The summed E-state index contributed by atoms with van der Waals surface area (Å²) in [7, 11) is 0. The van der Waals surface area contributed by atoms with Crippen molar-refractivity contribution in [1.29, 1.82) is 5.26 Å². The second-order valence-corrected chi connectivity index (χ2v) is 5.32. The minimum Gasteiger partial charge on any atom is -0.360 e. The van der Waals surface area contributed by atoms with Crippen molar-refractivity contribution in [3.05, 3.63) is 75.5 Å². The third-order valence-corrected chi connectivity index (χ3v) is 3.66. The van der Waals surface area contributed by atoms with E-state index in [2.05, 4.69) is 10.6 Å². The Hall–Kier alpha value is -3.66. The number of benzene rings is 2. The van der Waals surface area contributed by atoms with Crippen LogP contribution in [0.3, 0.4) is 0 Å². The van der Waals surface area contributed by atoms with Gasteiger partial charge in [0, 0.05) is 29.7 Å². The van der Waals surface area contributed by atoms with Crippen LogP contribution in [0.1, 0.15) is 11.1 Å². The van der Waals surface area contributed by atoms with E-state index in [0.717, 1.165) is 16.8 Å². The van der Waals surface area contributed by atoms with Crippen molar-refractivity contribution in [3.63, 3.8) is 0 Å². The number of carbonyl (C=O) groups excluding carboxylic acids is 1. The number of nitrogens with zero attached hydrogens (tertiary/aromatic N) is 2. The molecule has 0 aliphatic rings. The van der Waals surface area contributed by atoms with Crippen molar-refractivity contribution in [2.75, 3.05) is 10.6 Å². The number of nitrogens with one attached hydrogen (secondary N) is 2. The maximum atomic E-state index is 12.2. The number of aryl methyl sites for hydroxylation is 1. The van der Waals surface area contributed by atoms with Gasteiger partial charge in [-0.2, -0.15) is 5.26 Å². The summed E-state index contributed by atoms with van der Waals surface area (Å²) >= 11 is 0. The molecule has 2 aromatic rings. The Bertz CT molecular complexity index is 897. The van der Waals surface area contributed by atoms with Crippen LogP contribution >= 0.6 is 0 Å². The number of amides is 1. The van der Waals surface area contributed by atoms with Crippen molar-refractivity contribution in [1.82, 2.24) is 0 Å². The number of non-ortho nitro benzene ring substituents is 1. The van der Waals surface area contributed by atoms with Gasteiger partial charge >= 0.3 is 0 Å². The molecule has 0 heterocycles. The van der Waals surface area contributed by atoms with Gasteiger partial charge in [0.05, 0.1) is 4.92 Å². The molecule has 126 valence electrons. The van der Waals surface area contributed by atoms with Gasteiger partial charge in [-0.1, -0.05) is 18.2 Å². The Kier molecular flexibility index (Phi) is 5.48. The third-order valence-electron chi connectivity index (χ3n) is 3.66. The molecule has 0 atom stereocenters. The van der Waals surface area contributed by atoms with Crippen molar-refractivity contribution >= 4 is 23.0 Å². The molecule has 0 aliphatic heterocycles. The first-order valence-electron chi connectivity index (χ1n) is 7.41.